The Labute approximate surface area is 123 Å². The van der Waals surface area contributed by atoms with E-state index in [1.54, 1.807) is 0 Å². The summed E-state index contributed by atoms with van der Waals surface area (Å²) in [5.41, 5.74) is 0.0921. The fourth-order valence-electron chi connectivity index (χ4n) is 1.64. The molecular weight excluding hydrogens is 275 g/mol. The molecule has 0 aliphatic heterocycles. The van der Waals surface area contributed by atoms with Crippen molar-refractivity contribution in [1.82, 2.24) is 5.32 Å². The first-order chi connectivity index (χ1) is 9.73. The van der Waals surface area contributed by atoms with Crippen molar-refractivity contribution in [3.63, 3.8) is 0 Å². The molecule has 0 radical (unpaired) electrons. The highest BCUT2D eigenvalue weighted by Gasteiger charge is 2.14. The van der Waals surface area contributed by atoms with Gasteiger partial charge in [-0.05, 0) is 39.0 Å². The van der Waals surface area contributed by atoms with E-state index in [1.165, 1.54) is 19.2 Å². The van der Waals surface area contributed by atoms with Crippen molar-refractivity contribution in [2.24, 2.45) is 0 Å². The molecule has 0 aliphatic rings. The second kappa shape index (κ2) is 7.17. The summed E-state index contributed by atoms with van der Waals surface area (Å²) in [6.07, 6.45) is 0.280. The molecule has 21 heavy (non-hydrogen) atoms. The number of benzene rings is 1. The van der Waals surface area contributed by atoms with Gasteiger partial charge in [-0.2, -0.15) is 0 Å². The van der Waals surface area contributed by atoms with E-state index in [-0.39, 0.29) is 23.4 Å². The topological polar surface area (TPSA) is 67.4 Å². The summed E-state index contributed by atoms with van der Waals surface area (Å²) < 4.78 is 17.9. The second-order valence-electron chi connectivity index (χ2n) is 5.66. The number of hydrogen-bond donors (Lipinski definition) is 2. The summed E-state index contributed by atoms with van der Waals surface area (Å²) in [4.78, 5) is 23.1. The number of methoxy groups -OCH3 is 1. The maximum atomic E-state index is 13.5. The highest BCUT2D eigenvalue weighted by atomic mass is 19.1. The molecule has 1 rings (SSSR count). The largest absolute Gasteiger partial charge is 0.465 e. The Morgan fingerprint density at radius 3 is 2.52 bits per heavy atom. The van der Waals surface area contributed by atoms with E-state index in [4.69, 9.17) is 0 Å². The average molecular weight is 296 g/mol. The maximum absolute atomic E-state index is 13.5. The maximum Gasteiger partial charge on any atom is 0.340 e. The lowest BCUT2D eigenvalue weighted by atomic mass is 10.1. The quantitative estimate of drug-likeness (QED) is 0.818. The normalized spacial score (nSPS) is 11.1. The third kappa shape index (κ3) is 5.91. The Balaban J connectivity index is 2.62. The van der Waals surface area contributed by atoms with Crippen LogP contribution in [0.1, 0.15) is 37.6 Å². The summed E-state index contributed by atoms with van der Waals surface area (Å²) in [5, 5.41) is 5.81. The van der Waals surface area contributed by atoms with Gasteiger partial charge < -0.3 is 15.4 Å². The lowest BCUT2D eigenvalue weighted by Gasteiger charge is -2.20. The molecule has 0 atom stereocenters. The molecule has 0 spiro atoms. The molecule has 0 aromatic heterocycles. The third-order valence-corrected chi connectivity index (χ3v) is 2.66. The smallest absolute Gasteiger partial charge is 0.340 e. The van der Waals surface area contributed by atoms with Crippen molar-refractivity contribution in [2.75, 3.05) is 19.0 Å². The highest BCUT2D eigenvalue weighted by Crippen LogP contribution is 2.16. The number of anilines is 1. The molecule has 0 heterocycles. The van der Waals surface area contributed by atoms with Gasteiger partial charge in [0.2, 0.25) is 5.91 Å². The van der Waals surface area contributed by atoms with E-state index in [2.05, 4.69) is 15.4 Å². The minimum absolute atomic E-state index is 0.0613. The lowest BCUT2D eigenvalue weighted by Crippen LogP contribution is -2.37. The van der Waals surface area contributed by atoms with Gasteiger partial charge in [-0.3, -0.25) is 4.79 Å². The molecule has 0 saturated carbocycles. The summed E-state index contributed by atoms with van der Waals surface area (Å²) in [6.45, 7) is 6.55. The van der Waals surface area contributed by atoms with Crippen LogP contribution in [0.2, 0.25) is 0 Å². The van der Waals surface area contributed by atoms with Gasteiger partial charge in [0.15, 0.2) is 0 Å². The number of rotatable bonds is 5. The Morgan fingerprint density at radius 1 is 1.29 bits per heavy atom. The van der Waals surface area contributed by atoms with Gasteiger partial charge in [0, 0.05) is 24.2 Å². The van der Waals surface area contributed by atoms with Crippen LogP contribution < -0.4 is 10.6 Å². The molecule has 1 aromatic rings. The molecule has 0 aliphatic carbocycles. The van der Waals surface area contributed by atoms with E-state index in [1.807, 2.05) is 20.8 Å². The fraction of sp³-hybridized carbons (Fsp3) is 0.467. The molecule has 2 N–H and O–H groups in total. The SMILES string of the molecule is COC(=O)c1cc(NC(=O)CCNC(C)(C)C)ccc1F. The molecule has 0 unspecified atom stereocenters. The Hall–Kier alpha value is -1.95. The first kappa shape index (κ1) is 17.1. The van der Waals surface area contributed by atoms with Crippen LogP contribution in [0.4, 0.5) is 10.1 Å². The van der Waals surface area contributed by atoms with Gasteiger partial charge in [-0.1, -0.05) is 0 Å². The van der Waals surface area contributed by atoms with Crippen LogP contribution in [0.25, 0.3) is 0 Å². The van der Waals surface area contributed by atoms with Gasteiger partial charge in [0.05, 0.1) is 12.7 Å². The van der Waals surface area contributed by atoms with Crippen molar-refractivity contribution in [1.29, 1.82) is 0 Å². The number of hydrogen-bond acceptors (Lipinski definition) is 4. The van der Waals surface area contributed by atoms with Crippen LogP contribution >= 0.6 is 0 Å². The number of nitrogens with one attached hydrogen (secondary N) is 2. The predicted molar refractivity (Wildman–Crippen MR) is 78.7 cm³/mol. The predicted octanol–water partition coefficient (Wildman–Crippen LogP) is 2.33. The van der Waals surface area contributed by atoms with E-state index >= 15 is 0 Å². The number of halogens is 1. The van der Waals surface area contributed by atoms with Crippen LogP contribution in [0.15, 0.2) is 18.2 Å². The first-order valence-corrected chi connectivity index (χ1v) is 6.65. The highest BCUT2D eigenvalue weighted by molar-refractivity contribution is 5.94. The van der Waals surface area contributed by atoms with Crippen molar-refractivity contribution < 1.29 is 18.7 Å². The summed E-state index contributed by atoms with van der Waals surface area (Å²) in [5.74, 6) is -1.68. The molecule has 0 bridgehead atoms. The molecule has 0 fully saturated rings. The zero-order valence-corrected chi connectivity index (χ0v) is 12.7. The van der Waals surface area contributed by atoms with Gasteiger partial charge in [0.1, 0.15) is 5.82 Å². The van der Waals surface area contributed by atoms with E-state index < -0.39 is 11.8 Å². The van der Waals surface area contributed by atoms with Gasteiger partial charge in [-0.25, -0.2) is 9.18 Å². The Kier molecular flexibility index (Phi) is 5.84. The molecule has 1 aromatic carbocycles. The minimum Gasteiger partial charge on any atom is -0.465 e. The van der Waals surface area contributed by atoms with Crippen molar-refractivity contribution in [3.8, 4) is 0 Å². The zero-order valence-electron chi connectivity index (χ0n) is 12.7. The third-order valence-electron chi connectivity index (χ3n) is 2.66. The van der Waals surface area contributed by atoms with Crippen molar-refractivity contribution in [3.05, 3.63) is 29.6 Å². The number of carbonyl (C=O) groups excluding carboxylic acids is 2. The molecule has 6 heteroatoms. The van der Waals surface area contributed by atoms with Crippen LogP contribution in [0.5, 0.6) is 0 Å². The number of ether oxygens (including phenoxy) is 1. The van der Waals surface area contributed by atoms with E-state index in [0.717, 1.165) is 6.07 Å². The Morgan fingerprint density at radius 2 is 1.95 bits per heavy atom. The van der Waals surface area contributed by atoms with Crippen LogP contribution in [0.3, 0.4) is 0 Å². The number of esters is 1. The summed E-state index contributed by atoms with van der Waals surface area (Å²) in [6, 6.07) is 3.78. The Bertz CT molecular complexity index is 524. The molecule has 0 saturated heterocycles. The molecular formula is C15H21FN2O3. The van der Waals surface area contributed by atoms with Crippen LogP contribution in [0, 0.1) is 5.82 Å². The van der Waals surface area contributed by atoms with E-state index in [0.29, 0.717) is 12.2 Å². The molecule has 5 nitrogen and oxygen atoms in total. The average Bonchev–Trinajstić information content (AvgIpc) is 2.38. The van der Waals surface area contributed by atoms with Crippen LogP contribution in [-0.2, 0) is 9.53 Å². The second-order valence-corrected chi connectivity index (χ2v) is 5.66. The van der Waals surface area contributed by atoms with Gasteiger partial charge in [0.25, 0.3) is 0 Å². The zero-order chi connectivity index (χ0) is 16.0. The first-order valence-electron chi connectivity index (χ1n) is 6.65. The minimum atomic E-state index is -0.780. The summed E-state index contributed by atoms with van der Waals surface area (Å²) >= 11 is 0. The molecule has 116 valence electrons. The fourth-order valence-corrected chi connectivity index (χ4v) is 1.64. The van der Waals surface area contributed by atoms with Crippen molar-refractivity contribution >= 4 is 17.6 Å². The van der Waals surface area contributed by atoms with Gasteiger partial charge in [-0.15, -0.1) is 0 Å². The van der Waals surface area contributed by atoms with E-state index in [9.17, 15) is 14.0 Å². The lowest BCUT2D eigenvalue weighted by molar-refractivity contribution is -0.116. The van der Waals surface area contributed by atoms with Gasteiger partial charge >= 0.3 is 5.97 Å². The molecule has 1 amide bonds. The van der Waals surface area contributed by atoms with Crippen molar-refractivity contribution in [2.45, 2.75) is 32.7 Å². The number of carbonyl (C=O) groups is 2. The summed E-state index contributed by atoms with van der Waals surface area (Å²) in [7, 11) is 1.17. The van der Waals surface area contributed by atoms with Crippen LogP contribution in [-0.4, -0.2) is 31.1 Å². The number of amides is 1. The standard InChI is InChI=1S/C15H21FN2O3/c1-15(2,3)17-8-7-13(19)18-10-5-6-12(16)11(9-10)14(20)21-4/h5-6,9,17H,7-8H2,1-4H3,(H,18,19). The monoisotopic (exact) mass is 296 g/mol.